The van der Waals surface area contributed by atoms with Crippen molar-refractivity contribution in [3.05, 3.63) is 71.8 Å². The number of hydrogen-bond donors (Lipinski definition) is 1. The Bertz CT molecular complexity index is 694. The fourth-order valence-electron chi connectivity index (χ4n) is 4.91. The van der Waals surface area contributed by atoms with Gasteiger partial charge < -0.3 is 5.11 Å². The standard InChI is InChI=1S/C26H36O2/c1-20(2)17-26(18-21(3)4,19-23-13-9-6-10-14-23)24(25(27)28)16-15-22-11-7-5-8-12-22/h5-14,20-21,24H,15-19H2,1-4H3,(H,27,28). The Morgan fingerprint density at radius 2 is 1.29 bits per heavy atom. The van der Waals surface area contributed by atoms with E-state index in [0.717, 1.165) is 25.7 Å². The van der Waals surface area contributed by atoms with Gasteiger partial charge in [-0.1, -0.05) is 88.4 Å². The van der Waals surface area contributed by atoms with Crippen LogP contribution in [-0.4, -0.2) is 11.1 Å². The second-order valence-electron chi connectivity index (χ2n) is 9.14. The lowest BCUT2D eigenvalue weighted by Gasteiger charge is -2.42. The first-order valence-electron chi connectivity index (χ1n) is 10.6. The van der Waals surface area contributed by atoms with Crippen LogP contribution in [-0.2, 0) is 17.6 Å². The molecule has 2 aromatic rings. The Hall–Kier alpha value is -2.09. The highest BCUT2D eigenvalue weighted by Crippen LogP contribution is 2.46. The van der Waals surface area contributed by atoms with E-state index < -0.39 is 5.97 Å². The normalized spacial score (nSPS) is 13.1. The number of hydrogen-bond acceptors (Lipinski definition) is 1. The molecule has 0 saturated carbocycles. The second kappa shape index (κ2) is 10.5. The van der Waals surface area contributed by atoms with Crippen LogP contribution < -0.4 is 0 Å². The van der Waals surface area contributed by atoms with Crippen molar-refractivity contribution in [1.29, 1.82) is 0 Å². The molecule has 2 nitrogen and oxygen atoms in total. The summed E-state index contributed by atoms with van der Waals surface area (Å²) in [4.78, 5) is 12.5. The highest BCUT2D eigenvalue weighted by Gasteiger charge is 2.43. The summed E-state index contributed by atoms with van der Waals surface area (Å²) in [6, 6.07) is 20.7. The van der Waals surface area contributed by atoms with E-state index in [9.17, 15) is 9.90 Å². The van der Waals surface area contributed by atoms with Crippen LogP contribution >= 0.6 is 0 Å². The number of carboxylic acid groups (broad SMARTS) is 1. The molecule has 2 heteroatoms. The molecule has 2 aromatic carbocycles. The van der Waals surface area contributed by atoms with Crippen molar-refractivity contribution in [2.24, 2.45) is 23.2 Å². The summed E-state index contributed by atoms with van der Waals surface area (Å²) in [5, 5.41) is 10.3. The van der Waals surface area contributed by atoms with Crippen LogP contribution in [0, 0.1) is 23.2 Å². The lowest BCUT2D eigenvalue weighted by molar-refractivity contribution is -0.148. The van der Waals surface area contributed by atoms with Gasteiger partial charge in [0.2, 0.25) is 0 Å². The molecule has 1 unspecified atom stereocenters. The number of aryl methyl sites for hydroxylation is 1. The molecule has 0 aromatic heterocycles. The third kappa shape index (κ3) is 6.51. The van der Waals surface area contributed by atoms with E-state index in [-0.39, 0.29) is 11.3 Å². The molecule has 0 spiro atoms. The minimum atomic E-state index is -0.645. The van der Waals surface area contributed by atoms with Gasteiger partial charge in [-0.05, 0) is 60.5 Å². The van der Waals surface area contributed by atoms with Gasteiger partial charge >= 0.3 is 5.97 Å². The molecule has 0 aliphatic carbocycles. The highest BCUT2D eigenvalue weighted by molar-refractivity contribution is 5.71. The average molecular weight is 381 g/mol. The zero-order valence-electron chi connectivity index (χ0n) is 17.9. The van der Waals surface area contributed by atoms with Crippen molar-refractivity contribution in [2.45, 2.75) is 59.8 Å². The first-order valence-corrected chi connectivity index (χ1v) is 10.6. The molecule has 0 radical (unpaired) electrons. The summed E-state index contributed by atoms with van der Waals surface area (Å²) >= 11 is 0. The SMILES string of the molecule is CC(C)CC(Cc1ccccc1)(CC(C)C)C(CCc1ccccc1)C(=O)O. The summed E-state index contributed by atoms with van der Waals surface area (Å²) in [5.41, 5.74) is 2.23. The third-order valence-corrected chi connectivity index (χ3v) is 5.63. The fraction of sp³-hybridized carbons (Fsp3) is 0.500. The number of carboxylic acids is 1. The maximum atomic E-state index is 12.5. The zero-order chi connectivity index (χ0) is 20.6. The van der Waals surface area contributed by atoms with Crippen LogP contribution in [0.3, 0.4) is 0 Å². The summed E-state index contributed by atoms with van der Waals surface area (Å²) < 4.78 is 0. The Morgan fingerprint density at radius 3 is 1.71 bits per heavy atom. The molecular formula is C26H36O2. The van der Waals surface area contributed by atoms with E-state index in [0.29, 0.717) is 18.3 Å². The first-order chi connectivity index (χ1) is 13.3. The quantitative estimate of drug-likeness (QED) is 0.474. The van der Waals surface area contributed by atoms with Crippen LogP contribution in [0.25, 0.3) is 0 Å². The van der Waals surface area contributed by atoms with Gasteiger partial charge in [-0.3, -0.25) is 4.79 Å². The van der Waals surface area contributed by atoms with Crippen molar-refractivity contribution in [3.63, 3.8) is 0 Å². The molecule has 0 saturated heterocycles. The van der Waals surface area contributed by atoms with Crippen LogP contribution in [0.1, 0.15) is 58.1 Å². The van der Waals surface area contributed by atoms with E-state index in [1.165, 1.54) is 11.1 Å². The summed E-state index contributed by atoms with van der Waals surface area (Å²) in [5.74, 6) is -0.0760. The van der Waals surface area contributed by atoms with E-state index in [4.69, 9.17) is 0 Å². The van der Waals surface area contributed by atoms with Crippen LogP contribution in [0.5, 0.6) is 0 Å². The first kappa shape index (κ1) is 22.2. The molecule has 28 heavy (non-hydrogen) atoms. The van der Waals surface area contributed by atoms with Crippen LogP contribution in [0.4, 0.5) is 0 Å². The Morgan fingerprint density at radius 1 is 0.821 bits per heavy atom. The minimum Gasteiger partial charge on any atom is -0.481 e. The van der Waals surface area contributed by atoms with Crippen molar-refractivity contribution >= 4 is 5.97 Å². The monoisotopic (exact) mass is 380 g/mol. The molecule has 0 heterocycles. The minimum absolute atomic E-state index is 0.232. The third-order valence-electron chi connectivity index (χ3n) is 5.63. The maximum Gasteiger partial charge on any atom is 0.307 e. The van der Waals surface area contributed by atoms with Gasteiger partial charge in [0.05, 0.1) is 5.92 Å². The smallest absolute Gasteiger partial charge is 0.307 e. The second-order valence-corrected chi connectivity index (χ2v) is 9.14. The highest BCUT2D eigenvalue weighted by atomic mass is 16.4. The van der Waals surface area contributed by atoms with Crippen molar-refractivity contribution in [2.75, 3.05) is 0 Å². The summed E-state index contributed by atoms with van der Waals surface area (Å²) in [7, 11) is 0. The summed E-state index contributed by atoms with van der Waals surface area (Å²) in [6.45, 7) is 8.87. The van der Waals surface area contributed by atoms with E-state index >= 15 is 0 Å². The largest absolute Gasteiger partial charge is 0.481 e. The van der Waals surface area contributed by atoms with Gasteiger partial charge in [-0.2, -0.15) is 0 Å². The van der Waals surface area contributed by atoms with Crippen molar-refractivity contribution in [1.82, 2.24) is 0 Å². The van der Waals surface area contributed by atoms with Crippen molar-refractivity contribution < 1.29 is 9.90 Å². The molecule has 0 aliphatic heterocycles. The number of benzene rings is 2. The topological polar surface area (TPSA) is 37.3 Å². The molecular weight excluding hydrogens is 344 g/mol. The fourth-order valence-corrected chi connectivity index (χ4v) is 4.91. The predicted octanol–water partition coefficient (Wildman–Crippen LogP) is 6.64. The molecule has 2 rings (SSSR count). The molecule has 152 valence electrons. The van der Waals surface area contributed by atoms with Gasteiger partial charge in [-0.25, -0.2) is 0 Å². The van der Waals surface area contributed by atoms with Gasteiger partial charge in [0.25, 0.3) is 0 Å². The lowest BCUT2D eigenvalue weighted by Crippen LogP contribution is -2.40. The predicted molar refractivity (Wildman–Crippen MR) is 117 cm³/mol. The lowest BCUT2D eigenvalue weighted by atomic mass is 9.61. The molecule has 0 fully saturated rings. The van der Waals surface area contributed by atoms with Crippen LogP contribution in [0.2, 0.25) is 0 Å². The number of carbonyl (C=O) groups is 1. The van der Waals surface area contributed by atoms with E-state index in [1.54, 1.807) is 0 Å². The molecule has 0 amide bonds. The van der Waals surface area contributed by atoms with Gasteiger partial charge in [0, 0.05) is 0 Å². The summed E-state index contributed by atoms with van der Waals surface area (Å²) in [6.07, 6.45) is 4.20. The Kier molecular flexibility index (Phi) is 8.29. The number of aliphatic carboxylic acids is 1. The van der Waals surface area contributed by atoms with E-state index in [2.05, 4.69) is 64.1 Å². The molecule has 0 bridgehead atoms. The number of rotatable bonds is 11. The Labute approximate surface area is 171 Å². The van der Waals surface area contributed by atoms with Gasteiger partial charge in [0.1, 0.15) is 0 Å². The maximum absolute atomic E-state index is 12.5. The van der Waals surface area contributed by atoms with Gasteiger partial charge in [-0.15, -0.1) is 0 Å². The van der Waals surface area contributed by atoms with Crippen LogP contribution in [0.15, 0.2) is 60.7 Å². The van der Waals surface area contributed by atoms with E-state index in [1.807, 2.05) is 24.3 Å². The van der Waals surface area contributed by atoms with Crippen molar-refractivity contribution in [3.8, 4) is 0 Å². The Balaban J connectivity index is 2.39. The van der Waals surface area contributed by atoms with Gasteiger partial charge in [0.15, 0.2) is 0 Å². The zero-order valence-corrected chi connectivity index (χ0v) is 17.9. The average Bonchev–Trinajstić information content (AvgIpc) is 2.62. The molecule has 1 N–H and O–H groups in total. The molecule has 0 aliphatic rings. The molecule has 1 atom stereocenters.